The van der Waals surface area contributed by atoms with Crippen LogP contribution in [0.5, 0.6) is 0 Å². The van der Waals surface area contributed by atoms with E-state index in [0.29, 0.717) is 17.2 Å². The number of aryl methyl sites for hydroxylation is 1. The van der Waals surface area contributed by atoms with E-state index in [0.717, 1.165) is 18.4 Å². The summed E-state index contributed by atoms with van der Waals surface area (Å²) in [5, 5.41) is 13.2. The average Bonchev–Trinajstić information content (AvgIpc) is 3.08. The second-order valence-corrected chi connectivity index (χ2v) is 4.89. The molecule has 0 bridgehead atoms. The summed E-state index contributed by atoms with van der Waals surface area (Å²) in [6.45, 7) is 1.76. The monoisotopic (exact) mass is 260 g/mol. The molecule has 4 nitrogen and oxygen atoms in total. The molecule has 3 rings (SSSR count). The van der Waals surface area contributed by atoms with Crippen molar-refractivity contribution in [1.29, 1.82) is 0 Å². The van der Waals surface area contributed by atoms with Crippen LogP contribution in [0.25, 0.3) is 11.1 Å². The zero-order chi connectivity index (χ0) is 13.6. The van der Waals surface area contributed by atoms with Crippen molar-refractivity contribution in [1.82, 2.24) is 9.78 Å². The van der Waals surface area contributed by atoms with Crippen LogP contribution in [0.15, 0.2) is 24.5 Å². The summed E-state index contributed by atoms with van der Waals surface area (Å²) in [4.78, 5) is 11.0. The number of hydrogen-bond donors (Lipinski definition) is 1. The lowest BCUT2D eigenvalue weighted by Gasteiger charge is -2.06. The molecule has 1 aliphatic carbocycles. The molecule has 1 aliphatic rings. The highest BCUT2D eigenvalue weighted by atomic mass is 19.1. The first-order valence-electron chi connectivity index (χ1n) is 6.14. The summed E-state index contributed by atoms with van der Waals surface area (Å²) >= 11 is 0. The van der Waals surface area contributed by atoms with Gasteiger partial charge in [-0.15, -0.1) is 0 Å². The number of rotatable bonds is 3. The van der Waals surface area contributed by atoms with Crippen LogP contribution in [-0.4, -0.2) is 20.9 Å². The van der Waals surface area contributed by atoms with Crippen LogP contribution < -0.4 is 0 Å². The summed E-state index contributed by atoms with van der Waals surface area (Å²) < 4.78 is 15.4. The van der Waals surface area contributed by atoms with Crippen molar-refractivity contribution in [2.45, 2.75) is 25.8 Å². The Labute approximate surface area is 109 Å². The molecular weight excluding hydrogens is 247 g/mol. The van der Waals surface area contributed by atoms with E-state index in [2.05, 4.69) is 5.10 Å². The Balaban J connectivity index is 2.07. The highest BCUT2D eigenvalue weighted by Gasteiger charge is 2.24. The molecule has 0 radical (unpaired) electrons. The van der Waals surface area contributed by atoms with Gasteiger partial charge >= 0.3 is 5.97 Å². The van der Waals surface area contributed by atoms with Crippen molar-refractivity contribution in [3.05, 3.63) is 41.5 Å². The van der Waals surface area contributed by atoms with Gasteiger partial charge in [-0.1, -0.05) is 0 Å². The Morgan fingerprint density at radius 1 is 1.47 bits per heavy atom. The van der Waals surface area contributed by atoms with Crippen molar-refractivity contribution in [3.63, 3.8) is 0 Å². The highest BCUT2D eigenvalue weighted by molar-refractivity contribution is 5.90. The third-order valence-electron chi connectivity index (χ3n) is 3.38. The molecule has 1 fully saturated rings. The molecule has 0 saturated heterocycles. The van der Waals surface area contributed by atoms with Crippen LogP contribution in [0.2, 0.25) is 0 Å². The van der Waals surface area contributed by atoms with Gasteiger partial charge in [-0.05, 0) is 43.0 Å². The Morgan fingerprint density at radius 2 is 2.21 bits per heavy atom. The Kier molecular flexibility index (Phi) is 2.62. The smallest absolute Gasteiger partial charge is 0.338 e. The van der Waals surface area contributed by atoms with Gasteiger partial charge in [-0.2, -0.15) is 5.10 Å². The lowest BCUT2D eigenvalue weighted by Crippen LogP contribution is -2.02. The van der Waals surface area contributed by atoms with Crippen LogP contribution >= 0.6 is 0 Å². The van der Waals surface area contributed by atoms with Crippen molar-refractivity contribution in [3.8, 4) is 11.1 Å². The van der Waals surface area contributed by atoms with Crippen LogP contribution in [0.3, 0.4) is 0 Å². The van der Waals surface area contributed by atoms with Crippen LogP contribution in [0.4, 0.5) is 4.39 Å². The summed E-state index contributed by atoms with van der Waals surface area (Å²) in [5.74, 6) is -1.96. The van der Waals surface area contributed by atoms with E-state index in [9.17, 15) is 9.18 Å². The number of carboxylic acids is 1. The number of nitrogens with zero attached hydrogens (tertiary/aromatic N) is 2. The van der Waals surface area contributed by atoms with Gasteiger partial charge in [0.15, 0.2) is 0 Å². The molecule has 0 amide bonds. The maximum absolute atomic E-state index is 13.5. The maximum Gasteiger partial charge on any atom is 0.338 e. The lowest BCUT2D eigenvalue weighted by molar-refractivity contribution is 0.0692. The SMILES string of the molecule is Cc1cc(F)c(C(=O)O)cc1-c1cnn(C2CC2)c1. The number of aromatic nitrogens is 2. The van der Waals surface area contributed by atoms with E-state index < -0.39 is 11.8 Å². The largest absolute Gasteiger partial charge is 0.478 e. The predicted octanol–water partition coefficient (Wildman–Crippen LogP) is 3.03. The van der Waals surface area contributed by atoms with Gasteiger partial charge < -0.3 is 5.11 Å². The quantitative estimate of drug-likeness (QED) is 0.922. The molecule has 2 aromatic rings. The highest BCUT2D eigenvalue weighted by Crippen LogP contribution is 2.35. The Bertz CT molecular complexity index is 659. The third kappa shape index (κ3) is 2.12. The molecule has 1 N–H and O–H groups in total. The molecule has 0 atom stereocenters. The zero-order valence-corrected chi connectivity index (χ0v) is 10.4. The predicted molar refractivity (Wildman–Crippen MR) is 67.6 cm³/mol. The molecule has 1 heterocycles. The zero-order valence-electron chi connectivity index (χ0n) is 10.4. The molecule has 1 aromatic heterocycles. The Morgan fingerprint density at radius 3 is 2.84 bits per heavy atom. The first-order chi connectivity index (χ1) is 9.06. The number of hydrogen-bond acceptors (Lipinski definition) is 2. The third-order valence-corrected chi connectivity index (χ3v) is 3.38. The van der Waals surface area contributed by atoms with Gasteiger partial charge in [0.2, 0.25) is 0 Å². The summed E-state index contributed by atoms with van der Waals surface area (Å²) in [5.41, 5.74) is 1.94. The second kappa shape index (κ2) is 4.19. The minimum absolute atomic E-state index is 0.306. The molecular formula is C14H13FN2O2. The fourth-order valence-electron chi connectivity index (χ4n) is 2.16. The minimum atomic E-state index is -1.26. The minimum Gasteiger partial charge on any atom is -0.478 e. The molecule has 0 unspecified atom stereocenters. The summed E-state index contributed by atoms with van der Waals surface area (Å²) in [6.07, 6.45) is 5.85. The molecule has 0 aliphatic heterocycles. The molecule has 98 valence electrons. The standard InChI is InChI=1S/C14H13FN2O2/c1-8-4-13(15)12(14(18)19)5-11(8)9-6-16-17(7-9)10-2-3-10/h4-7,10H,2-3H2,1H3,(H,18,19). The molecule has 1 aromatic carbocycles. The topological polar surface area (TPSA) is 55.1 Å². The summed E-state index contributed by atoms with van der Waals surface area (Å²) in [6, 6.07) is 3.10. The normalized spacial score (nSPS) is 14.6. The second-order valence-electron chi connectivity index (χ2n) is 4.89. The first kappa shape index (κ1) is 11.9. The van der Waals surface area contributed by atoms with E-state index in [4.69, 9.17) is 5.11 Å². The molecule has 0 spiro atoms. The van der Waals surface area contributed by atoms with E-state index in [1.165, 1.54) is 12.1 Å². The molecule has 1 saturated carbocycles. The van der Waals surface area contributed by atoms with Gasteiger partial charge in [0.05, 0.1) is 17.8 Å². The van der Waals surface area contributed by atoms with E-state index in [1.54, 1.807) is 13.1 Å². The summed E-state index contributed by atoms with van der Waals surface area (Å²) in [7, 11) is 0. The van der Waals surface area contributed by atoms with Gasteiger partial charge in [0.1, 0.15) is 5.82 Å². The number of benzene rings is 1. The maximum atomic E-state index is 13.5. The number of aromatic carboxylic acids is 1. The molecule has 19 heavy (non-hydrogen) atoms. The van der Waals surface area contributed by atoms with Gasteiger partial charge in [0, 0.05) is 11.8 Å². The number of carbonyl (C=O) groups is 1. The number of halogens is 1. The van der Waals surface area contributed by atoms with Crippen molar-refractivity contribution in [2.24, 2.45) is 0 Å². The van der Waals surface area contributed by atoms with Gasteiger partial charge in [-0.25, -0.2) is 9.18 Å². The number of carboxylic acid groups (broad SMARTS) is 1. The van der Waals surface area contributed by atoms with E-state index in [1.807, 2.05) is 10.9 Å². The van der Waals surface area contributed by atoms with Crippen LogP contribution in [-0.2, 0) is 0 Å². The van der Waals surface area contributed by atoms with Crippen molar-refractivity contribution in [2.75, 3.05) is 0 Å². The van der Waals surface area contributed by atoms with Crippen LogP contribution in [0, 0.1) is 12.7 Å². The fraction of sp³-hybridized carbons (Fsp3) is 0.286. The van der Waals surface area contributed by atoms with Crippen LogP contribution in [0.1, 0.15) is 34.8 Å². The van der Waals surface area contributed by atoms with E-state index in [-0.39, 0.29) is 5.56 Å². The first-order valence-corrected chi connectivity index (χ1v) is 6.14. The van der Waals surface area contributed by atoms with Gasteiger partial charge in [0.25, 0.3) is 0 Å². The van der Waals surface area contributed by atoms with E-state index >= 15 is 0 Å². The van der Waals surface area contributed by atoms with Gasteiger partial charge in [-0.3, -0.25) is 4.68 Å². The molecule has 5 heteroatoms. The lowest BCUT2D eigenvalue weighted by atomic mass is 10.00. The Hall–Kier alpha value is -2.17. The van der Waals surface area contributed by atoms with Crippen molar-refractivity contribution >= 4 is 5.97 Å². The fourth-order valence-corrected chi connectivity index (χ4v) is 2.16. The van der Waals surface area contributed by atoms with Crippen molar-refractivity contribution < 1.29 is 14.3 Å². The average molecular weight is 260 g/mol.